The molecule has 0 unspecified atom stereocenters. The Kier molecular flexibility index (Phi) is 7.49. The van der Waals surface area contributed by atoms with Crippen molar-refractivity contribution in [1.82, 2.24) is 4.98 Å². The topological polar surface area (TPSA) is 29.3 Å². The second-order valence-corrected chi connectivity index (χ2v) is 14.4. The molecular formula is C53H34N2O. The van der Waals surface area contributed by atoms with Crippen molar-refractivity contribution in [2.45, 2.75) is 0 Å². The normalized spacial score (nSPS) is 11.6. The van der Waals surface area contributed by atoms with Crippen LogP contribution in [0.15, 0.2) is 211 Å². The first kappa shape index (κ1) is 32.0. The molecule has 0 saturated carbocycles. The van der Waals surface area contributed by atoms with Gasteiger partial charge in [-0.15, -0.1) is 0 Å². The summed E-state index contributed by atoms with van der Waals surface area (Å²) in [5, 5.41) is 9.33. The van der Waals surface area contributed by atoms with Crippen LogP contribution in [0, 0.1) is 0 Å². The predicted molar refractivity (Wildman–Crippen MR) is 235 cm³/mol. The average molecular weight is 715 g/mol. The standard InChI is InChI=1S/C53H34N2O/c1-2-9-35(10-3-1)41-31-39-12-5-7-15-47(39)51(33-41)38-19-24-43(25-20-38)55(42-22-17-37(18-23-42)46-16-8-13-36-11-4-6-14-45(36)46)44-26-28-48-40(32-44)21-27-50-49-29-30-54-34-52(49)56-53(48)50/h1-34H. The van der Waals surface area contributed by atoms with Gasteiger partial charge in [0.25, 0.3) is 0 Å². The summed E-state index contributed by atoms with van der Waals surface area (Å²) in [6.45, 7) is 0. The van der Waals surface area contributed by atoms with Gasteiger partial charge in [-0.3, -0.25) is 4.98 Å². The van der Waals surface area contributed by atoms with Crippen LogP contribution in [0.4, 0.5) is 17.1 Å². The van der Waals surface area contributed by atoms with Gasteiger partial charge in [0.15, 0.2) is 5.58 Å². The van der Waals surface area contributed by atoms with Crippen molar-refractivity contribution in [3.8, 4) is 33.4 Å². The highest BCUT2D eigenvalue weighted by molar-refractivity contribution is 6.15. The Morgan fingerprint density at radius 2 is 0.982 bits per heavy atom. The Hall–Kier alpha value is -7.49. The van der Waals surface area contributed by atoms with Crippen LogP contribution in [-0.2, 0) is 0 Å². The van der Waals surface area contributed by atoms with Crippen LogP contribution in [0.2, 0.25) is 0 Å². The van der Waals surface area contributed by atoms with Crippen molar-refractivity contribution in [3.05, 3.63) is 207 Å². The Morgan fingerprint density at radius 1 is 0.357 bits per heavy atom. The Labute approximate surface area is 324 Å². The van der Waals surface area contributed by atoms with Crippen molar-refractivity contribution >= 4 is 71.3 Å². The second-order valence-electron chi connectivity index (χ2n) is 14.4. The van der Waals surface area contributed by atoms with Gasteiger partial charge in [-0.1, -0.05) is 127 Å². The molecule has 0 aliphatic heterocycles. The smallest absolute Gasteiger partial charge is 0.153 e. The van der Waals surface area contributed by atoms with Crippen molar-refractivity contribution in [1.29, 1.82) is 0 Å². The lowest BCUT2D eigenvalue weighted by Gasteiger charge is -2.26. The van der Waals surface area contributed by atoms with E-state index in [0.29, 0.717) is 0 Å². The number of hydrogen-bond acceptors (Lipinski definition) is 3. The maximum absolute atomic E-state index is 6.37. The lowest BCUT2D eigenvalue weighted by Crippen LogP contribution is -2.09. The average Bonchev–Trinajstić information content (AvgIpc) is 3.66. The Balaban J connectivity index is 1.04. The minimum atomic E-state index is 0.800. The molecule has 0 spiro atoms. The zero-order chi connectivity index (χ0) is 37.0. The molecule has 0 radical (unpaired) electrons. The fourth-order valence-electron chi connectivity index (χ4n) is 8.39. The molecule has 3 heteroatoms. The SMILES string of the molecule is c1ccc(-c2cc(-c3ccc(N(c4ccc(-c5cccc6ccccc56)cc4)c4ccc5c(ccc6c7ccncc7oc56)c4)cc3)c3ccccc3c2)cc1. The summed E-state index contributed by atoms with van der Waals surface area (Å²) in [7, 11) is 0. The van der Waals surface area contributed by atoms with Crippen molar-refractivity contribution in [3.63, 3.8) is 0 Å². The van der Waals surface area contributed by atoms with Crippen LogP contribution >= 0.6 is 0 Å². The van der Waals surface area contributed by atoms with Crippen LogP contribution in [0.3, 0.4) is 0 Å². The summed E-state index contributed by atoms with van der Waals surface area (Å²) in [6, 6.07) is 70.1. The molecule has 0 bridgehead atoms. The molecule has 56 heavy (non-hydrogen) atoms. The van der Waals surface area contributed by atoms with Crippen LogP contribution in [0.1, 0.15) is 0 Å². The predicted octanol–water partition coefficient (Wildman–Crippen LogP) is 14.9. The van der Waals surface area contributed by atoms with E-state index in [1.165, 1.54) is 54.9 Å². The molecule has 0 fully saturated rings. The fraction of sp³-hybridized carbons (Fsp3) is 0. The van der Waals surface area contributed by atoms with E-state index in [9.17, 15) is 0 Å². The molecule has 2 heterocycles. The number of hydrogen-bond donors (Lipinski definition) is 0. The van der Waals surface area contributed by atoms with Gasteiger partial charge in [-0.05, 0) is 127 Å². The highest BCUT2D eigenvalue weighted by atomic mass is 16.3. The number of furan rings is 1. The molecule has 0 saturated heterocycles. The zero-order valence-corrected chi connectivity index (χ0v) is 30.4. The number of anilines is 3. The van der Waals surface area contributed by atoms with E-state index in [4.69, 9.17) is 4.42 Å². The van der Waals surface area contributed by atoms with Gasteiger partial charge in [-0.2, -0.15) is 0 Å². The van der Waals surface area contributed by atoms with Gasteiger partial charge >= 0.3 is 0 Å². The van der Waals surface area contributed by atoms with E-state index in [1.807, 2.05) is 12.3 Å². The number of rotatable bonds is 6. The highest BCUT2D eigenvalue weighted by Gasteiger charge is 2.17. The number of pyridine rings is 1. The van der Waals surface area contributed by atoms with E-state index in [1.54, 1.807) is 6.20 Å². The molecule has 0 aliphatic rings. The molecule has 0 amide bonds. The minimum absolute atomic E-state index is 0.800. The number of fused-ring (bicyclic) bond motifs is 7. The lowest BCUT2D eigenvalue weighted by molar-refractivity contribution is 0.670. The summed E-state index contributed by atoms with van der Waals surface area (Å²) >= 11 is 0. The molecule has 0 atom stereocenters. The van der Waals surface area contributed by atoms with Crippen molar-refractivity contribution in [2.24, 2.45) is 0 Å². The summed E-state index contributed by atoms with van der Waals surface area (Å²) in [4.78, 5) is 6.64. The number of benzene rings is 9. The van der Waals surface area contributed by atoms with E-state index in [0.717, 1.165) is 49.8 Å². The lowest BCUT2D eigenvalue weighted by atomic mass is 9.93. The summed E-state index contributed by atoms with van der Waals surface area (Å²) < 4.78 is 6.37. The van der Waals surface area contributed by atoms with E-state index in [2.05, 4.69) is 198 Å². The molecule has 3 nitrogen and oxygen atoms in total. The molecule has 2 aromatic heterocycles. The Morgan fingerprint density at radius 3 is 1.77 bits per heavy atom. The molecule has 262 valence electrons. The highest BCUT2D eigenvalue weighted by Crippen LogP contribution is 2.42. The Bertz CT molecular complexity index is 3230. The second kappa shape index (κ2) is 13.1. The third-order valence-electron chi connectivity index (χ3n) is 11.1. The monoisotopic (exact) mass is 714 g/mol. The first-order valence-corrected chi connectivity index (χ1v) is 19.0. The van der Waals surface area contributed by atoms with E-state index in [-0.39, 0.29) is 0 Å². The van der Waals surface area contributed by atoms with Gasteiger partial charge in [-0.25, -0.2) is 0 Å². The first-order chi connectivity index (χ1) is 27.7. The summed E-state index contributed by atoms with van der Waals surface area (Å²) in [5.74, 6) is 0. The van der Waals surface area contributed by atoms with Crippen molar-refractivity contribution < 1.29 is 4.42 Å². The van der Waals surface area contributed by atoms with Crippen LogP contribution in [0.25, 0.3) is 87.6 Å². The van der Waals surface area contributed by atoms with Crippen LogP contribution < -0.4 is 4.90 Å². The third kappa shape index (κ3) is 5.40. The summed E-state index contributed by atoms with van der Waals surface area (Å²) in [6.07, 6.45) is 3.62. The molecular weight excluding hydrogens is 681 g/mol. The van der Waals surface area contributed by atoms with Gasteiger partial charge < -0.3 is 9.32 Å². The quantitative estimate of drug-likeness (QED) is 0.172. The third-order valence-corrected chi connectivity index (χ3v) is 11.1. The molecule has 0 aliphatic carbocycles. The van der Waals surface area contributed by atoms with Crippen molar-refractivity contribution in [2.75, 3.05) is 4.90 Å². The summed E-state index contributed by atoms with van der Waals surface area (Å²) in [5.41, 5.74) is 12.1. The minimum Gasteiger partial charge on any atom is -0.454 e. The van der Waals surface area contributed by atoms with E-state index < -0.39 is 0 Å². The van der Waals surface area contributed by atoms with Crippen LogP contribution in [0.5, 0.6) is 0 Å². The molecule has 11 rings (SSSR count). The first-order valence-electron chi connectivity index (χ1n) is 19.0. The fourth-order valence-corrected chi connectivity index (χ4v) is 8.39. The van der Waals surface area contributed by atoms with Gasteiger partial charge in [0.05, 0.1) is 6.20 Å². The van der Waals surface area contributed by atoms with Crippen LogP contribution in [-0.4, -0.2) is 4.98 Å². The van der Waals surface area contributed by atoms with E-state index >= 15 is 0 Å². The zero-order valence-electron chi connectivity index (χ0n) is 30.4. The molecule has 11 aromatic rings. The van der Waals surface area contributed by atoms with Gasteiger partial charge in [0.2, 0.25) is 0 Å². The van der Waals surface area contributed by atoms with Gasteiger partial charge in [0, 0.05) is 39.4 Å². The van der Waals surface area contributed by atoms with Gasteiger partial charge in [0.1, 0.15) is 5.58 Å². The largest absolute Gasteiger partial charge is 0.454 e. The maximum Gasteiger partial charge on any atom is 0.153 e. The molecule has 0 N–H and O–H groups in total. The molecule has 9 aromatic carbocycles. The number of aromatic nitrogens is 1. The number of nitrogens with zero attached hydrogens (tertiary/aromatic N) is 2. The maximum atomic E-state index is 6.37.